The van der Waals surface area contributed by atoms with Crippen molar-refractivity contribution >= 4 is 0 Å². The first-order chi connectivity index (χ1) is 22.5. The molecule has 0 fully saturated rings. The van der Waals surface area contributed by atoms with Crippen molar-refractivity contribution in [3.8, 4) is 33.4 Å². The summed E-state index contributed by atoms with van der Waals surface area (Å²) in [7, 11) is 0. The minimum atomic E-state index is -1.46. The number of hydrogen-bond acceptors (Lipinski definition) is 1. The Balaban J connectivity index is 1.57. The molecule has 1 heteroatoms. The molecule has 8 rings (SSSR count). The molecule has 2 aliphatic carbocycles. The van der Waals surface area contributed by atoms with E-state index in [9.17, 15) is 5.11 Å². The van der Waals surface area contributed by atoms with Crippen LogP contribution in [0.3, 0.4) is 0 Å². The van der Waals surface area contributed by atoms with Gasteiger partial charge in [-0.25, -0.2) is 0 Å². The van der Waals surface area contributed by atoms with E-state index in [-0.39, 0.29) is 10.8 Å². The summed E-state index contributed by atoms with van der Waals surface area (Å²) in [6, 6.07) is 50.5. The van der Waals surface area contributed by atoms with Gasteiger partial charge < -0.3 is 5.11 Å². The van der Waals surface area contributed by atoms with E-state index in [1.54, 1.807) is 0 Å². The molecule has 0 bridgehead atoms. The molecule has 1 atom stereocenters. The van der Waals surface area contributed by atoms with Gasteiger partial charge in [0.2, 0.25) is 0 Å². The van der Waals surface area contributed by atoms with E-state index in [4.69, 9.17) is 0 Å². The van der Waals surface area contributed by atoms with Crippen molar-refractivity contribution in [2.45, 2.75) is 63.4 Å². The second kappa shape index (κ2) is 10.1. The summed E-state index contributed by atoms with van der Waals surface area (Å²) in [5.41, 5.74) is 12.1. The van der Waals surface area contributed by atoms with E-state index >= 15 is 0 Å². The number of rotatable bonds is 2. The lowest BCUT2D eigenvalue weighted by Gasteiger charge is -2.52. The summed E-state index contributed by atoms with van der Waals surface area (Å²) in [6.45, 7) is 13.5. The smallest absolute Gasteiger partial charge is 0.134 e. The molecule has 6 aromatic rings. The van der Waals surface area contributed by atoms with E-state index in [1.807, 2.05) is 0 Å². The number of benzene rings is 6. The normalized spacial score (nSPS) is 17.5. The molecule has 0 heterocycles. The van der Waals surface area contributed by atoms with Crippen LogP contribution in [-0.4, -0.2) is 5.11 Å². The minimum Gasteiger partial charge on any atom is -0.379 e. The van der Waals surface area contributed by atoms with Crippen LogP contribution in [0.15, 0.2) is 140 Å². The highest BCUT2D eigenvalue weighted by molar-refractivity contribution is 5.92. The Morgan fingerprint density at radius 3 is 1.21 bits per heavy atom. The molecule has 47 heavy (non-hydrogen) atoms. The molecule has 1 nitrogen and oxygen atoms in total. The third-order valence-electron chi connectivity index (χ3n) is 10.8. The second-order valence-electron chi connectivity index (χ2n) is 15.5. The van der Waals surface area contributed by atoms with Crippen LogP contribution in [0, 0.1) is 0 Å². The zero-order valence-electron chi connectivity index (χ0n) is 28.2. The van der Waals surface area contributed by atoms with Crippen molar-refractivity contribution in [1.82, 2.24) is 0 Å². The van der Waals surface area contributed by atoms with Gasteiger partial charge in [-0.1, -0.05) is 181 Å². The van der Waals surface area contributed by atoms with Crippen LogP contribution >= 0.6 is 0 Å². The molecule has 2 aliphatic rings. The van der Waals surface area contributed by atoms with Crippen molar-refractivity contribution in [3.63, 3.8) is 0 Å². The Hall–Kier alpha value is -4.72. The Kier molecular flexibility index (Phi) is 6.40. The van der Waals surface area contributed by atoms with Crippen molar-refractivity contribution in [1.29, 1.82) is 0 Å². The molecule has 1 N–H and O–H groups in total. The van der Waals surface area contributed by atoms with Gasteiger partial charge in [-0.15, -0.1) is 0 Å². The highest BCUT2D eigenvalue weighted by atomic mass is 16.3. The minimum absolute atomic E-state index is 0.0446. The Labute approximate surface area is 279 Å². The molecular weight excluding hydrogens is 569 g/mol. The first-order valence-corrected chi connectivity index (χ1v) is 16.8. The molecule has 1 spiro atoms. The number of fused-ring (bicyclic) bond motifs is 9. The van der Waals surface area contributed by atoms with Crippen LogP contribution in [0.2, 0.25) is 0 Å². The Morgan fingerprint density at radius 2 is 0.766 bits per heavy atom. The van der Waals surface area contributed by atoms with Crippen molar-refractivity contribution < 1.29 is 5.11 Å². The zero-order valence-corrected chi connectivity index (χ0v) is 28.2. The summed E-state index contributed by atoms with van der Waals surface area (Å²) in [5.74, 6) is 0. The summed E-state index contributed by atoms with van der Waals surface area (Å²) < 4.78 is 0. The maximum atomic E-state index is 14.5. The van der Waals surface area contributed by atoms with Gasteiger partial charge in [0.25, 0.3) is 0 Å². The highest BCUT2D eigenvalue weighted by Gasteiger charge is 2.63. The maximum absolute atomic E-state index is 14.5. The van der Waals surface area contributed by atoms with Crippen LogP contribution < -0.4 is 0 Å². The Bertz CT molecular complexity index is 2120. The van der Waals surface area contributed by atoms with Gasteiger partial charge in [-0.2, -0.15) is 0 Å². The predicted octanol–water partition coefficient (Wildman–Crippen LogP) is 11.2. The largest absolute Gasteiger partial charge is 0.379 e. The number of hydrogen-bond donors (Lipinski definition) is 1. The average molecular weight is 611 g/mol. The van der Waals surface area contributed by atoms with Gasteiger partial charge in [0, 0.05) is 0 Å². The second-order valence-corrected chi connectivity index (χ2v) is 15.5. The van der Waals surface area contributed by atoms with Gasteiger partial charge >= 0.3 is 0 Å². The monoisotopic (exact) mass is 610 g/mol. The first kappa shape index (κ1) is 29.7. The molecule has 0 aromatic heterocycles. The molecule has 0 amide bonds. The lowest BCUT2D eigenvalue weighted by atomic mass is 9.52. The van der Waals surface area contributed by atoms with Gasteiger partial charge in [-0.05, 0) is 83.2 Å². The quantitative estimate of drug-likeness (QED) is 0.207. The maximum Gasteiger partial charge on any atom is 0.134 e. The van der Waals surface area contributed by atoms with Crippen LogP contribution in [0.4, 0.5) is 0 Å². The van der Waals surface area contributed by atoms with E-state index in [0.29, 0.717) is 0 Å². The van der Waals surface area contributed by atoms with Gasteiger partial charge in [0.05, 0.1) is 5.41 Å². The van der Waals surface area contributed by atoms with Crippen molar-refractivity contribution in [2.24, 2.45) is 0 Å². The summed E-state index contributed by atoms with van der Waals surface area (Å²) in [4.78, 5) is 0. The summed E-state index contributed by atoms with van der Waals surface area (Å²) >= 11 is 0. The fourth-order valence-electron chi connectivity index (χ4n) is 8.45. The van der Waals surface area contributed by atoms with Gasteiger partial charge in [0.1, 0.15) is 5.60 Å². The SMILES string of the molecule is CC(C)(C)c1ccc(-c2ccc(C(C)(C)C)cc2C2(O)c3ccccc3-c3ccccc3C23c2ccccc2-c2ccccc23)cc1. The average Bonchev–Trinajstić information content (AvgIpc) is 3.38. The fourth-order valence-corrected chi connectivity index (χ4v) is 8.45. The van der Waals surface area contributed by atoms with E-state index in [2.05, 4.69) is 181 Å². The number of aliphatic hydroxyl groups is 1. The summed E-state index contributed by atoms with van der Waals surface area (Å²) in [6.07, 6.45) is 0. The predicted molar refractivity (Wildman–Crippen MR) is 196 cm³/mol. The van der Waals surface area contributed by atoms with Crippen LogP contribution in [0.25, 0.3) is 33.4 Å². The van der Waals surface area contributed by atoms with Crippen LogP contribution in [0.5, 0.6) is 0 Å². The third kappa shape index (κ3) is 4.06. The summed E-state index contributed by atoms with van der Waals surface area (Å²) in [5, 5.41) is 14.5. The van der Waals surface area contributed by atoms with E-state index in [0.717, 1.165) is 44.5 Å². The molecule has 0 radical (unpaired) electrons. The molecule has 0 saturated heterocycles. The lowest BCUT2D eigenvalue weighted by Crippen LogP contribution is -2.53. The molecule has 0 aliphatic heterocycles. The van der Waals surface area contributed by atoms with Crippen molar-refractivity contribution in [3.05, 3.63) is 178 Å². The van der Waals surface area contributed by atoms with E-state index < -0.39 is 11.0 Å². The van der Waals surface area contributed by atoms with Crippen LogP contribution in [-0.2, 0) is 21.8 Å². The third-order valence-corrected chi connectivity index (χ3v) is 10.8. The molecule has 232 valence electrons. The molecule has 1 unspecified atom stereocenters. The lowest BCUT2D eigenvalue weighted by molar-refractivity contribution is 0.0289. The van der Waals surface area contributed by atoms with Gasteiger partial charge in [-0.3, -0.25) is 0 Å². The molecule has 6 aromatic carbocycles. The zero-order chi connectivity index (χ0) is 32.8. The van der Waals surface area contributed by atoms with Crippen molar-refractivity contribution in [2.75, 3.05) is 0 Å². The topological polar surface area (TPSA) is 20.2 Å². The fraction of sp³-hybridized carbons (Fsp3) is 0.217. The molecular formula is C46H42O. The van der Waals surface area contributed by atoms with E-state index in [1.165, 1.54) is 27.8 Å². The highest BCUT2D eigenvalue weighted by Crippen LogP contribution is 2.67. The first-order valence-electron chi connectivity index (χ1n) is 16.8. The van der Waals surface area contributed by atoms with Crippen LogP contribution in [0.1, 0.15) is 80.5 Å². The Morgan fingerprint density at radius 1 is 0.383 bits per heavy atom. The van der Waals surface area contributed by atoms with Gasteiger partial charge in [0.15, 0.2) is 0 Å². The molecule has 0 saturated carbocycles. The standard InChI is InChI=1S/C46H42O/c1-43(2,3)31-25-23-30(24-26-31)33-28-27-32(44(4,5)6)29-42(33)46(47)41-22-14-10-18-37(41)36-17-9-13-21-40(36)45(46)38-19-11-7-15-34(38)35-16-8-12-20-39(35)45/h7-29,47H,1-6H3.